The molecule has 1 unspecified atom stereocenters. The van der Waals surface area contributed by atoms with Gasteiger partial charge in [-0.15, -0.1) is 0 Å². The molecule has 2 heteroatoms. The van der Waals surface area contributed by atoms with Gasteiger partial charge in [0.1, 0.15) is 0 Å². The molecule has 5 fully saturated rings. The standard InChI is InChI=1S/C31H45NO/c1-6-22-8-7-9-23(32-22)11-10-20(2)25-12-13-26-24-18-28(33-5)31-19-21(31)14-17-30(31,4)27(24)15-16-29(25,26)3/h7-11,20-21,24-28H,6,12-19H2,1-5H3/b11-10+/t20-,21-,24+,25-,26+,27+,28-,29-,30-,31?/m1/s1. The number of rotatable bonds is 5. The Labute approximate surface area is 202 Å². The van der Waals surface area contributed by atoms with Crippen LogP contribution in [0.1, 0.15) is 90.4 Å². The van der Waals surface area contributed by atoms with Crippen molar-refractivity contribution in [2.24, 2.45) is 51.8 Å². The summed E-state index contributed by atoms with van der Waals surface area (Å²) in [6, 6.07) is 6.45. The highest BCUT2D eigenvalue weighted by atomic mass is 16.5. The van der Waals surface area contributed by atoms with Crippen molar-refractivity contribution in [3.8, 4) is 0 Å². The number of pyridine rings is 1. The van der Waals surface area contributed by atoms with E-state index in [9.17, 15) is 0 Å². The summed E-state index contributed by atoms with van der Waals surface area (Å²) >= 11 is 0. The minimum absolute atomic E-state index is 0.490. The number of ether oxygens (including phenoxy) is 1. The molecule has 0 radical (unpaired) electrons. The van der Waals surface area contributed by atoms with Crippen molar-refractivity contribution in [3.63, 3.8) is 0 Å². The van der Waals surface area contributed by atoms with E-state index in [1.165, 1.54) is 57.1 Å². The molecule has 6 rings (SSSR count). The molecule has 1 spiro atoms. The van der Waals surface area contributed by atoms with E-state index in [-0.39, 0.29) is 0 Å². The van der Waals surface area contributed by atoms with Gasteiger partial charge in [0.25, 0.3) is 0 Å². The minimum atomic E-state index is 0.490. The van der Waals surface area contributed by atoms with Crippen molar-refractivity contribution < 1.29 is 4.74 Å². The Hall–Kier alpha value is -1.15. The zero-order valence-corrected chi connectivity index (χ0v) is 21.6. The van der Waals surface area contributed by atoms with Crippen LogP contribution in [0.4, 0.5) is 0 Å². The van der Waals surface area contributed by atoms with E-state index in [2.05, 4.69) is 58.0 Å². The molecule has 1 aromatic rings. The molecule has 180 valence electrons. The lowest BCUT2D eigenvalue weighted by Gasteiger charge is -2.61. The van der Waals surface area contributed by atoms with Gasteiger partial charge in [-0.1, -0.05) is 39.8 Å². The van der Waals surface area contributed by atoms with Crippen LogP contribution in [0, 0.1) is 51.8 Å². The first-order valence-corrected chi connectivity index (χ1v) is 14.0. The van der Waals surface area contributed by atoms with Crippen LogP contribution >= 0.6 is 0 Å². The SMILES string of the molecule is CCc1cccc(/C=C/[C@@H](C)[C@H]2CC[C@H]3[C@@H]4C[C@@H](OC)C56C[C@H]5CC[C@]6(C)[C@H]4CC[C@]23C)n1. The van der Waals surface area contributed by atoms with Crippen LogP contribution in [-0.2, 0) is 11.2 Å². The van der Waals surface area contributed by atoms with Gasteiger partial charge in [-0.05, 0) is 122 Å². The second kappa shape index (κ2) is 7.67. The van der Waals surface area contributed by atoms with Gasteiger partial charge in [0, 0.05) is 18.2 Å². The molecule has 2 nitrogen and oxygen atoms in total. The van der Waals surface area contributed by atoms with Crippen molar-refractivity contribution in [2.75, 3.05) is 7.11 Å². The molecule has 0 saturated heterocycles. The highest BCUT2D eigenvalue weighted by molar-refractivity contribution is 5.45. The topological polar surface area (TPSA) is 22.1 Å². The summed E-state index contributed by atoms with van der Waals surface area (Å²) in [5.74, 6) is 5.11. The highest BCUT2D eigenvalue weighted by Gasteiger charge is 2.77. The molecule has 1 heterocycles. The van der Waals surface area contributed by atoms with E-state index >= 15 is 0 Å². The summed E-state index contributed by atoms with van der Waals surface area (Å²) in [6.07, 6.45) is 17.8. The zero-order valence-electron chi connectivity index (χ0n) is 21.6. The second-order valence-corrected chi connectivity index (χ2v) is 13.1. The molecule has 5 aliphatic rings. The van der Waals surface area contributed by atoms with Crippen LogP contribution in [-0.4, -0.2) is 18.2 Å². The van der Waals surface area contributed by atoms with Crippen molar-refractivity contribution >= 4 is 6.08 Å². The van der Waals surface area contributed by atoms with E-state index < -0.39 is 0 Å². The molecule has 0 aromatic carbocycles. The van der Waals surface area contributed by atoms with E-state index in [0.29, 0.717) is 28.3 Å². The van der Waals surface area contributed by atoms with Gasteiger partial charge in [-0.3, -0.25) is 4.98 Å². The number of methoxy groups -OCH3 is 1. The van der Waals surface area contributed by atoms with E-state index in [1.54, 1.807) is 0 Å². The van der Waals surface area contributed by atoms with Crippen molar-refractivity contribution in [1.82, 2.24) is 4.98 Å². The first-order valence-electron chi connectivity index (χ1n) is 14.0. The van der Waals surface area contributed by atoms with Gasteiger partial charge >= 0.3 is 0 Å². The summed E-state index contributed by atoms with van der Waals surface area (Å²) in [4.78, 5) is 4.81. The van der Waals surface area contributed by atoms with Crippen LogP contribution in [0.15, 0.2) is 24.3 Å². The summed E-state index contributed by atoms with van der Waals surface area (Å²) in [6.45, 7) is 10.0. The number of aryl methyl sites for hydroxylation is 1. The number of allylic oxidation sites excluding steroid dienone is 1. The molecular weight excluding hydrogens is 402 g/mol. The van der Waals surface area contributed by atoms with Gasteiger partial charge in [0.15, 0.2) is 0 Å². The zero-order chi connectivity index (χ0) is 23.0. The predicted molar refractivity (Wildman–Crippen MR) is 136 cm³/mol. The predicted octanol–water partition coefficient (Wildman–Crippen LogP) is 7.58. The average Bonchev–Trinajstić information content (AvgIpc) is 3.33. The Bertz CT molecular complexity index is 939. The van der Waals surface area contributed by atoms with E-state index in [4.69, 9.17) is 9.72 Å². The minimum Gasteiger partial charge on any atom is -0.381 e. The normalized spacial score (nSPS) is 48.8. The van der Waals surface area contributed by atoms with Crippen molar-refractivity contribution in [3.05, 3.63) is 35.7 Å². The maximum atomic E-state index is 6.31. The Morgan fingerprint density at radius 3 is 2.73 bits per heavy atom. The fourth-order valence-electron chi connectivity index (χ4n) is 10.7. The summed E-state index contributed by atoms with van der Waals surface area (Å²) < 4.78 is 6.31. The van der Waals surface area contributed by atoms with Crippen molar-refractivity contribution in [1.29, 1.82) is 0 Å². The van der Waals surface area contributed by atoms with Gasteiger partial charge in [0.2, 0.25) is 0 Å². The lowest BCUT2D eigenvalue weighted by Crippen LogP contribution is -2.57. The number of aromatic nitrogens is 1. The van der Waals surface area contributed by atoms with Crippen molar-refractivity contribution in [2.45, 2.75) is 91.6 Å². The first kappa shape index (κ1) is 22.3. The fraction of sp³-hybridized carbons (Fsp3) is 0.774. The molecule has 0 N–H and O–H groups in total. The molecular formula is C31H45NO. The second-order valence-electron chi connectivity index (χ2n) is 13.1. The van der Waals surface area contributed by atoms with Gasteiger partial charge < -0.3 is 4.74 Å². The Kier molecular flexibility index (Phi) is 5.19. The summed E-state index contributed by atoms with van der Waals surface area (Å²) in [5, 5.41) is 0. The third-order valence-corrected chi connectivity index (χ3v) is 12.3. The summed E-state index contributed by atoms with van der Waals surface area (Å²) in [5.41, 5.74) is 3.90. The lowest BCUT2D eigenvalue weighted by atomic mass is 9.45. The van der Waals surface area contributed by atoms with Crippen LogP contribution in [0.3, 0.4) is 0 Å². The number of hydrogen-bond acceptors (Lipinski definition) is 2. The maximum absolute atomic E-state index is 6.31. The van der Waals surface area contributed by atoms with Crippen LogP contribution in [0.5, 0.6) is 0 Å². The average molecular weight is 448 g/mol. The van der Waals surface area contributed by atoms with Crippen LogP contribution in [0.2, 0.25) is 0 Å². The number of fused-ring (bicyclic) bond motifs is 4. The molecule has 5 aliphatic carbocycles. The lowest BCUT2D eigenvalue weighted by molar-refractivity contribution is -0.160. The third-order valence-electron chi connectivity index (χ3n) is 12.3. The molecule has 0 amide bonds. The van der Waals surface area contributed by atoms with Crippen LogP contribution < -0.4 is 0 Å². The fourth-order valence-corrected chi connectivity index (χ4v) is 10.7. The van der Waals surface area contributed by atoms with E-state index in [0.717, 1.165) is 41.7 Å². The third kappa shape index (κ3) is 2.98. The number of hydrogen-bond donors (Lipinski definition) is 0. The Morgan fingerprint density at radius 1 is 1.12 bits per heavy atom. The van der Waals surface area contributed by atoms with Gasteiger partial charge in [0.05, 0.1) is 11.8 Å². The molecule has 5 saturated carbocycles. The van der Waals surface area contributed by atoms with E-state index in [1.807, 2.05) is 7.11 Å². The molecule has 10 atom stereocenters. The van der Waals surface area contributed by atoms with Gasteiger partial charge in [-0.25, -0.2) is 0 Å². The summed E-state index contributed by atoms with van der Waals surface area (Å²) in [7, 11) is 2.02. The quantitative estimate of drug-likeness (QED) is 0.464. The number of nitrogens with zero attached hydrogens (tertiary/aromatic N) is 1. The maximum Gasteiger partial charge on any atom is 0.0638 e. The highest BCUT2D eigenvalue weighted by Crippen LogP contribution is 2.82. The first-order chi connectivity index (χ1) is 15.9. The largest absolute Gasteiger partial charge is 0.381 e. The van der Waals surface area contributed by atoms with Crippen LogP contribution in [0.25, 0.3) is 6.08 Å². The molecule has 1 aromatic heterocycles. The molecule has 0 aliphatic heterocycles. The smallest absolute Gasteiger partial charge is 0.0638 e. The Morgan fingerprint density at radius 2 is 1.97 bits per heavy atom. The Balaban J connectivity index is 1.23. The molecule has 0 bridgehead atoms. The molecule has 33 heavy (non-hydrogen) atoms. The van der Waals surface area contributed by atoms with Gasteiger partial charge in [-0.2, -0.15) is 0 Å². The monoisotopic (exact) mass is 447 g/mol.